The smallest absolute Gasteiger partial charge is 0.243 e. The first-order valence-electron chi connectivity index (χ1n) is 7.92. The molecule has 1 aromatic rings. The van der Waals surface area contributed by atoms with Crippen LogP contribution >= 0.6 is 0 Å². The molecule has 5 nitrogen and oxygen atoms in total. The summed E-state index contributed by atoms with van der Waals surface area (Å²) in [6.45, 7) is 4.31. The molecule has 0 spiro atoms. The zero-order chi connectivity index (χ0) is 15.7. The zero-order valence-electron chi connectivity index (χ0n) is 12.9. The van der Waals surface area contributed by atoms with Crippen LogP contribution in [0.1, 0.15) is 37.3 Å². The second kappa shape index (κ2) is 6.01. The van der Waals surface area contributed by atoms with Gasteiger partial charge in [-0.25, -0.2) is 8.42 Å². The molecule has 2 aliphatic rings. The van der Waals surface area contributed by atoms with Crippen molar-refractivity contribution in [3.05, 3.63) is 29.3 Å². The van der Waals surface area contributed by atoms with Gasteiger partial charge in [0, 0.05) is 32.6 Å². The molecular weight excluding hydrogens is 300 g/mol. The molecule has 0 unspecified atom stereocenters. The van der Waals surface area contributed by atoms with Crippen LogP contribution in [0.3, 0.4) is 0 Å². The normalized spacial score (nSPS) is 19.2. The van der Waals surface area contributed by atoms with Crippen molar-refractivity contribution in [2.75, 3.05) is 19.6 Å². The molecule has 0 atom stereocenters. The fourth-order valence-electron chi connectivity index (χ4n) is 3.21. The maximum absolute atomic E-state index is 12.6. The molecule has 6 heteroatoms. The van der Waals surface area contributed by atoms with E-state index in [1.165, 1.54) is 0 Å². The number of carbonyl (C=O) groups excluding carboxylic acids is 1. The molecule has 0 saturated carbocycles. The van der Waals surface area contributed by atoms with Gasteiger partial charge in [0.2, 0.25) is 15.9 Å². The molecular formula is C16H22N2O3S. The van der Waals surface area contributed by atoms with Crippen LogP contribution in [0.15, 0.2) is 23.1 Å². The second-order valence-electron chi connectivity index (χ2n) is 5.96. The number of nitrogens with zero attached hydrogens (tertiary/aromatic N) is 2. The average molecular weight is 322 g/mol. The highest BCUT2D eigenvalue weighted by Crippen LogP contribution is 2.26. The van der Waals surface area contributed by atoms with Crippen LogP contribution in [0.4, 0.5) is 0 Å². The topological polar surface area (TPSA) is 57.7 Å². The molecule has 1 aromatic carbocycles. The Morgan fingerprint density at radius 2 is 1.86 bits per heavy atom. The van der Waals surface area contributed by atoms with Gasteiger partial charge < -0.3 is 4.90 Å². The number of fused-ring (bicyclic) bond motifs is 1. The Balaban J connectivity index is 1.89. The third kappa shape index (κ3) is 2.77. The molecule has 22 heavy (non-hydrogen) atoms. The van der Waals surface area contributed by atoms with Crippen molar-refractivity contribution in [3.8, 4) is 0 Å². The number of carbonyl (C=O) groups is 1. The molecule has 0 radical (unpaired) electrons. The van der Waals surface area contributed by atoms with Crippen molar-refractivity contribution < 1.29 is 13.2 Å². The minimum atomic E-state index is -3.39. The molecule has 1 fully saturated rings. The lowest BCUT2D eigenvalue weighted by Gasteiger charge is -2.29. The van der Waals surface area contributed by atoms with Crippen molar-refractivity contribution >= 4 is 15.9 Å². The number of rotatable bonds is 3. The summed E-state index contributed by atoms with van der Waals surface area (Å²) in [4.78, 5) is 14.0. The number of benzene rings is 1. The quantitative estimate of drug-likeness (QED) is 0.852. The van der Waals surface area contributed by atoms with Crippen molar-refractivity contribution in [1.29, 1.82) is 0 Å². The Morgan fingerprint density at radius 1 is 1.14 bits per heavy atom. The van der Waals surface area contributed by atoms with Crippen LogP contribution < -0.4 is 0 Å². The highest BCUT2D eigenvalue weighted by atomic mass is 32.2. The molecule has 1 amide bonds. The summed E-state index contributed by atoms with van der Waals surface area (Å²) in [6, 6.07) is 5.38. The predicted molar refractivity (Wildman–Crippen MR) is 83.8 cm³/mol. The first kappa shape index (κ1) is 15.5. The van der Waals surface area contributed by atoms with Crippen molar-refractivity contribution in [1.82, 2.24) is 9.21 Å². The first-order valence-corrected chi connectivity index (χ1v) is 9.36. The predicted octanol–water partition coefficient (Wildman–Crippen LogP) is 1.77. The van der Waals surface area contributed by atoms with Crippen LogP contribution in [0.2, 0.25) is 0 Å². The molecule has 0 aliphatic carbocycles. The standard InChI is InChI=1S/C16H22N2O3S/c1-2-16(19)17-10-7-13-5-6-15(11-14(13)12-17)22(20,21)18-8-3-4-9-18/h5-6,11H,2-4,7-10,12H2,1H3. The van der Waals surface area contributed by atoms with Crippen LogP contribution in [-0.2, 0) is 27.8 Å². The van der Waals surface area contributed by atoms with Crippen molar-refractivity contribution in [3.63, 3.8) is 0 Å². The van der Waals surface area contributed by atoms with E-state index in [-0.39, 0.29) is 5.91 Å². The van der Waals surface area contributed by atoms with Crippen LogP contribution in [-0.4, -0.2) is 43.2 Å². The average Bonchev–Trinajstić information content (AvgIpc) is 3.08. The van der Waals surface area contributed by atoms with E-state index in [1.807, 2.05) is 17.9 Å². The highest BCUT2D eigenvalue weighted by Gasteiger charge is 2.28. The van der Waals surface area contributed by atoms with E-state index in [9.17, 15) is 13.2 Å². The summed E-state index contributed by atoms with van der Waals surface area (Å²) in [6.07, 6.45) is 3.15. The molecule has 0 aromatic heterocycles. The Labute approximate surface area is 132 Å². The Bertz CT molecular complexity index is 679. The molecule has 2 aliphatic heterocycles. The fraction of sp³-hybridized carbons (Fsp3) is 0.562. The van der Waals surface area contributed by atoms with E-state index in [1.54, 1.807) is 16.4 Å². The summed E-state index contributed by atoms with van der Waals surface area (Å²) < 4.78 is 26.8. The van der Waals surface area contributed by atoms with Gasteiger partial charge in [0.15, 0.2) is 0 Å². The summed E-state index contributed by atoms with van der Waals surface area (Å²) in [5.74, 6) is 0.124. The largest absolute Gasteiger partial charge is 0.338 e. The van der Waals surface area contributed by atoms with E-state index in [4.69, 9.17) is 0 Å². The lowest BCUT2D eigenvalue weighted by atomic mass is 10.00. The summed E-state index contributed by atoms with van der Waals surface area (Å²) in [5, 5.41) is 0. The minimum absolute atomic E-state index is 0.124. The van der Waals surface area contributed by atoms with E-state index >= 15 is 0 Å². The minimum Gasteiger partial charge on any atom is -0.338 e. The van der Waals surface area contributed by atoms with Gasteiger partial charge in [0.05, 0.1) is 4.90 Å². The number of hydrogen-bond donors (Lipinski definition) is 0. The van der Waals surface area contributed by atoms with Gasteiger partial charge in [-0.3, -0.25) is 4.79 Å². The molecule has 3 rings (SSSR count). The van der Waals surface area contributed by atoms with Gasteiger partial charge in [0.25, 0.3) is 0 Å². The maximum Gasteiger partial charge on any atom is 0.243 e. The highest BCUT2D eigenvalue weighted by molar-refractivity contribution is 7.89. The first-order chi connectivity index (χ1) is 10.5. The van der Waals surface area contributed by atoms with E-state index < -0.39 is 10.0 Å². The molecule has 0 bridgehead atoms. The fourth-order valence-corrected chi connectivity index (χ4v) is 4.78. The Morgan fingerprint density at radius 3 is 2.55 bits per heavy atom. The number of hydrogen-bond acceptors (Lipinski definition) is 3. The Kier molecular flexibility index (Phi) is 4.23. The number of sulfonamides is 1. The van der Waals surface area contributed by atoms with E-state index in [2.05, 4.69) is 0 Å². The van der Waals surface area contributed by atoms with E-state index in [0.717, 1.165) is 36.9 Å². The lowest BCUT2D eigenvalue weighted by Crippen LogP contribution is -2.35. The van der Waals surface area contributed by atoms with Crippen LogP contribution in [0.25, 0.3) is 0 Å². The van der Waals surface area contributed by atoms with Crippen LogP contribution in [0, 0.1) is 0 Å². The van der Waals surface area contributed by atoms with E-state index in [0.29, 0.717) is 31.0 Å². The SMILES string of the molecule is CCC(=O)N1CCc2ccc(S(=O)(=O)N3CCCC3)cc2C1. The molecule has 0 N–H and O–H groups in total. The summed E-state index contributed by atoms with van der Waals surface area (Å²) in [7, 11) is -3.39. The summed E-state index contributed by atoms with van der Waals surface area (Å²) >= 11 is 0. The molecule has 1 saturated heterocycles. The van der Waals surface area contributed by atoms with Gasteiger partial charge in [-0.2, -0.15) is 4.31 Å². The third-order valence-electron chi connectivity index (χ3n) is 4.55. The van der Waals surface area contributed by atoms with Gasteiger partial charge in [-0.1, -0.05) is 13.0 Å². The molecule has 120 valence electrons. The third-order valence-corrected chi connectivity index (χ3v) is 6.44. The second-order valence-corrected chi connectivity index (χ2v) is 7.90. The van der Waals surface area contributed by atoms with Gasteiger partial charge in [0.1, 0.15) is 0 Å². The number of amides is 1. The Hall–Kier alpha value is -1.40. The monoisotopic (exact) mass is 322 g/mol. The van der Waals surface area contributed by atoms with Crippen molar-refractivity contribution in [2.24, 2.45) is 0 Å². The van der Waals surface area contributed by atoms with Gasteiger partial charge in [-0.15, -0.1) is 0 Å². The van der Waals surface area contributed by atoms with Crippen molar-refractivity contribution in [2.45, 2.75) is 44.0 Å². The van der Waals surface area contributed by atoms with Crippen LogP contribution in [0.5, 0.6) is 0 Å². The van der Waals surface area contributed by atoms with Gasteiger partial charge in [-0.05, 0) is 42.5 Å². The lowest BCUT2D eigenvalue weighted by molar-refractivity contribution is -0.131. The molecule has 2 heterocycles. The van der Waals surface area contributed by atoms with Gasteiger partial charge >= 0.3 is 0 Å². The maximum atomic E-state index is 12.6. The zero-order valence-corrected chi connectivity index (χ0v) is 13.7. The summed E-state index contributed by atoms with van der Waals surface area (Å²) in [5.41, 5.74) is 2.12.